The first kappa shape index (κ1) is 18.7. The van der Waals surface area contributed by atoms with E-state index < -0.39 is 0 Å². The van der Waals surface area contributed by atoms with Crippen molar-refractivity contribution >= 4 is 23.4 Å². The summed E-state index contributed by atoms with van der Waals surface area (Å²) in [4.78, 5) is 35.1. The molecular formula is C22H26N4O2S. The van der Waals surface area contributed by atoms with Gasteiger partial charge in [-0.1, -0.05) is 30.0 Å². The summed E-state index contributed by atoms with van der Waals surface area (Å²) in [6.45, 7) is 3.16. The molecule has 0 bridgehead atoms. The van der Waals surface area contributed by atoms with Crippen LogP contribution >= 0.6 is 11.8 Å². The van der Waals surface area contributed by atoms with E-state index in [1.807, 2.05) is 27.7 Å². The van der Waals surface area contributed by atoms with E-state index in [1.54, 1.807) is 11.8 Å². The van der Waals surface area contributed by atoms with Gasteiger partial charge in [0.15, 0.2) is 5.16 Å². The van der Waals surface area contributed by atoms with Crippen LogP contribution in [0.2, 0.25) is 0 Å². The van der Waals surface area contributed by atoms with Crippen LogP contribution in [0.4, 0.5) is 5.69 Å². The number of nitrogens with zero attached hydrogens (tertiary/aromatic N) is 4. The van der Waals surface area contributed by atoms with Crippen LogP contribution in [0.5, 0.6) is 0 Å². The minimum Gasteiger partial charge on any atom is -0.368 e. The second-order valence-electron chi connectivity index (χ2n) is 8.07. The van der Waals surface area contributed by atoms with Crippen molar-refractivity contribution in [3.8, 4) is 0 Å². The lowest BCUT2D eigenvalue weighted by Gasteiger charge is -2.36. The van der Waals surface area contributed by atoms with Crippen molar-refractivity contribution in [2.45, 2.75) is 43.3 Å². The van der Waals surface area contributed by atoms with E-state index in [0.29, 0.717) is 6.42 Å². The first-order valence-electron chi connectivity index (χ1n) is 10.6. The number of rotatable bonds is 3. The molecule has 7 heteroatoms. The predicted molar refractivity (Wildman–Crippen MR) is 115 cm³/mol. The first-order chi connectivity index (χ1) is 14.2. The van der Waals surface area contributed by atoms with Gasteiger partial charge in [0, 0.05) is 49.6 Å². The number of amides is 1. The van der Waals surface area contributed by atoms with Gasteiger partial charge >= 0.3 is 0 Å². The van der Waals surface area contributed by atoms with Crippen molar-refractivity contribution < 1.29 is 4.79 Å². The molecule has 152 valence electrons. The van der Waals surface area contributed by atoms with E-state index in [0.717, 1.165) is 74.0 Å². The lowest BCUT2D eigenvalue weighted by molar-refractivity contribution is -0.132. The number of benzene rings is 1. The average Bonchev–Trinajstić information content (AvgIpc) is 3.17. The summed E-state index contributed by atoms with van der Waals surface area (Å²) in [5.74, 6) is 0.918. The molecule has 3 aliphatic rings. The largest absolute Gasteiger partial charge is 0.368 e. The van der Waals surface area contributed by atoms with E-state index in [2.05, 4.69) is 17.0 Å². The Hall–Kier alpha value is -2.28. The van der Waals surface area contributed by atoms with E-state index in [4.69, 9.17) is 4.98 Å². The third-order valence-corrected chi connectivity index (χ3v) is 7.38. The van der Waals surface area contributed by atoms with E-state index in [9.17, 15) is 9.59 Å². The van der Waals surface area contributed by atoms with Crippen LogP contribution in [0.3, 0.4) is 0 Å². The highest BCUT2D eigenvalue weighted by Gasteiger charge is 2.32. The van der Waals surface area contributed by atoms with Crippen LogP contribution in [0.15, 0.2) is 40.3 Å². The maximum absolute atomic E-state index is 13.1. The Kier molecular flexibility index (Phi) is 5.08. The molecule has 0 unspecified atom stereocenters. The van der Waals surface area contributed by atoms with Gasteiger partial charge in [0.05, 0.1) is 11.7 Å². The Morgan fingerprint density at radius 1 is 1.07 bits per heavy atom. The lowest BCUT2D eigenvalue weighted by atomic mass is 9.97. The van der Waals surface area contributed by atoms with E-state index in [1.165, 1.54) is 5.69 Å². The van der Waals surface area contributed by atoms with Gasteiger partial charge in [0.2, 0.25) is 5.91 Å². The van der Waals surface area contributed by atoms with Crippen molar-refractivity contribution in [1.29, 1.82) is 0 Å². The first-order valence-corrected chi connectivity index (χ1v) is 11.5. The van der Waals surface area contributed by atoms with Gasteiger partial charge in [-0.3, -0.25) is 14.2 Å². The fourth-order valence-electron chi connectivity index (χ4n) is 4.65. The summed E-state index contributed by atoms with van der Waals surface area (Å²) in [7, 11) is 0. The van der Waals surface area contributed by atoms with Crippen molar-refractivity contribution in [2.24, 2.45) is 0 Å². The number of para-hydroxylation sites is 1. The molecule has 6 nitrogen and oxygen atoms in total. The van der Waals surface area contributed by atoms with Crippen molar-refractivity contribution in [2.75, 3.05) is 36.8 Å². The zero-order chi connectivity index (χ0) is 19.8. The van der Waals surface area contributed by atoms with Gasteiger partial charge in [-0.2, -0.15) is 0 Å². The van der Waals surface area contributed by atoms with Crippen LogP contribution in [0, 0.1) is 0 Å². The van der Waals surface area contributed by atoms with Crippen LogP contribution < -0.4 is 10.5 Å². The second kappa shape index (κ2) is 7.86. The minimum absolute atomic E-state index is 0.0677. The average molecular weight is 411 g/mol. The second-order valence-corrected chi connectivity index (χ2v) is 9.06. The molecule has 1 fully saturated rings. The predicted octanol–water partition coefficient (Wildman–Crippen LogP) is 2.51. The molecule has 0 N–H and O–H groups in total. The zero-order valence-corrected chi connectivity index (χ0v) is 17.4. The summed E-state index contributed by atoms with van der Waals surface area (Å²) in [6, 6.07) is 10.3. The number of aryl methyl sites for hydroxylation is 1. The van der Waals surface area contributed by atoms with Gasteiger partial charge in [0.1, 0.15) is 0 Å². The molecule has 1 aromatic heterocycles. The number of hydrogen-bond acceptors (Lipinski definition) is 5. The summed E-state index contributed by atoms with van der Waals surface area (Å²) in [5, 5.41) is 0.808. The molecule has 1 atom stereocenters. The molecule has 0 spiro atoms. The SMILES string of the molecule is O=C(C[C@@H]1CSc2nc3c(c(=O)n21)CCCC3)N1CCN(c2ccccc2)CC1. The maximum Gasteiger partial charge on any atom is 0.257 e. The summed E-state index contributed by atoms with van der Waals surface area (Å²) in [5.41, 5.74) is 3.19. The summed E-state index contributed by atoms with van der Waals surface area (Å²) in [6.07, 6.45) is 4.31. The van der Waals surface area contributed by atoms with Crippen LogP contribution in [0.1, 0.15) is 36.6 Å². The summed E-state index contributed by atoms with van der Waals surface area (Å²) < 4.78 is 1.81. The molecule has 3 heterocycles. The molecule has 5 rings (SSSR count). The number of carbonyl (C=O) groups is 1. The van der Waals surface area contributed by atoms with Gasteiger partial charge < -0.3 is 9.80 Å². The molecule has 2 aromatic rings. The molecule has 0 radical (unpaired) electrons. The normalized spacial score (nSPS) is 21.0. The number of piperazine rings is 1. The Morgan fingerprint density at radius 3 is 2.62 bits per heavy atom. The topological polar surface area (TPSA) is 58.4 Å². The molecule has 1 amide bonds. The quantitative estimate of drug-likeness (QED) is 0.728. The fourth-order valence-corrected chi connectivity index (χ4v) is 5.80. The Balaban J connectivity index is 1.26. The molecule has 0 saturated carbocycles. The number of anilines is 1. The number of fused-ring (bicyclic) bond motifs is 2. The number of aromatic nitrogens is 2. The molecule has 2 aliphatic heterocycles. The number of thioether (sulfide) groups is 1. The molecular weight excluding hydrogens is 384 g/mol. The van der Waals surface area contributed by atoms with E-state index >= 15 is 0 Å². The molecule has 1 saturated heterocycles. The molecule has 1 aliphatic carbocycles. The number of carbonyl (C=O) groups excluding carboxylic acids is 1. The van der Waals surface area contributed by atoms with Gasteiger partial charge in [-0.05, 0) is 37.8 Å². The van der Waals surface area contributed by atoms with Crippen molar-refractivity contribution in [1.82, 2.24) is 14.5 Å². The van der Waals surface area contributed by atoms with Gasteiger partial charge in [-0.25, -0.2) is 4.98 Å². The van der Waals surface area contributed by atoms with E-state index in [-0.39, 0.29) is 17.5 Å². The highest BCUT2D eigenvalue weighted by Crippen LogP contribution is 2.34. The molecule has 1 aromatic carbocycles. The summed E-state index contributed by atoms with van der Waals surface area (Å²) >= 11 is 1.62. The highest BCUT2D eigenvalue weighted by atomic mass is 32.2. The van der Waals surface area contributed by atoms with Crippen LogP contribution in [-0.4, -0.2) is 52.3 Å². The van der Waals surface area contributed by atoms with Crippen molar-refractivity contribution in [3.05, 3.63) is 51.9 Å². The Bertz CT molecular complexity index is 967. The Labute approximate surface area is 174 Å². The van der Waals surface area contributed by atoms with Crippen molar-refractivity contribution in [3.63, 3.8) is 0 Å². The fraction of sp³-hybridized carbons (Fsp3) is 0.500. The third-order valence-electron chi connectivity index (χ3n) is 6.29. The van der Waals surface area contributed by atoms with Crippen LogP contribution in [-0.2, 0) is 17.6 Å². The Morgan fingerprint density at radius 2 is 1.83 bits per heavy atom. The maximum atomic E-state index is 13.1. The zero-order valence-electron chi connectivity index (χ0n) is 16.5. The molecule has 29 heavy (non-hydrogen) atoms. The standard InChI is InChI=1S/C22H26N4O2S/c27-20(25-12-10-24(11-13-25)16-6-2-1-3-7-16)14-17-15-29-22-23-19-9-5-4-8-18(19)21(28)26(17)22/h1-3,6-7,17H,4-5,8-15H2/t17-/m1/s1. The smallest absolute Gasteiger partial charge is 0.257 e. The van der Waals surface area contributed by atoms with Crippen LogP contribution in [0.25, 0.3) is 0 Å². The third kappa shape index (κ3) is 3.56. The minimum atomic E-state index is -0.0677. The van der Waals surface area contributed by atoms with Gasteiger partial charge in [0.25, 0.3) is 5.56 Å². The highest BCUT2D eigenvalue weighted by molar-refractivity contribution is 7.99. The number of hydrogen-bond donors (Lipinski definition) is 0. The van der Waals surface area contributed by atoms with Gasteiger partial charge in [-0.15, -0.1) is 0 Å². The monoisotopic (exact) mass is 410 g/mol. The lowest BCUT2D eigenvalue weighted by Crippen LogP contribution is -2.49.